The van der Waals surface area contributed by atoms with Crippen LogP contribution in [-0.4, -0.2) is 6.61 Å². The molecule has 82 valence electrons. The number of ether oxygens (including phenoxy) is 1. The molecule has 0 aliphatic heterocycles. The second-order valence-electron chi connectivity index (χ2n) is 2.36. The van der Waals surface area contributed by atoms with Gasteiger partial charge >= 0.3 is 0 Å². The van der Waals surface area contributed by atoms with Crippen molar-refractivity contribution in [3.63, 3.8) is 0 Å². The zero-order valence-electron chi connectivity index (χ0n) is 8.76. The minimum Gasteiger partial charge on any atom is -0.492 e. The van der Waals surface area contributed by atoms with Crippen LogP contribution in [0.5, 0.6) is 5.75 Å². The highest BCUT2D eigenvalue weighted by molar-refractivity contribution is 5.23. The largest absolute Gasteiger partial charge is 0.492 e. The molecule has 0 unspecified atom stereocenters. The molecule has 0 radical (unpaired) electrons. The third kappa shape index (κ3) is 5.63. The lowest BCUT2D eigenvalue weighted by atomic mass is 10.3. The van der Waals surface area contributed by atoms with Crippen molar-refractivity contribution in [1.82, 2.24) is 0 Å². The minimum absolute atomic E-state index is 0.104. The molecule has 0 aliphatic carbocycles. The lowest BCUT2D eigenvalue weighted by molar-refractivity contribution is 0.322. The molecule has 0 saturated heterocycles. The number of halogens is 2. The van der Waals surface area contributed by atoms with Crippen LogP contribution in [0.2, 0.25) is 0 Å². The molecule has 1 aromatic carbocycles. The molecular formula is C11H13F2NO. The van der Waals surface area contributed by atoms with Crippen LogP contribution in [0.25, 0.3) is 0 Å². The minimum atomic E-state index is -0.688. The number of nitriles is 1. The second-order valence-corrected chi connectivity index (χ2v) is 2.36. The third-order valence-electron chi connectivity index (χ3n) is 1.32. The van der Waals surface area contributed by atoms with Gasteiger partial charge in [-0.25, -0.2) is 8.78 Å². The summed E-state index contributed by atoms with van der Waals surface area (Å²) in [7, 11) is 0. The van der Waals surface area contributed by atoms with Gasteiger partial charge in [0.2, 0.25) is 0 Å². The molecule has 2 nitrogen and oxygen atoms in total. The zero-order valence-corrected chi connectivity index (χ0v) is 8.76. The van der Waals surface area contributed by atoms with Gasteiger partial charge in [0.25, 0.3) is 0 Å². The van der Waals surface area contributed by atoms with Gasteiger partial charge in [0, 0.05) is 18.2 Å². The molecule has 0 atom stereocenters. The Morgan fingerprint density at radius 1 is 1.20 bits per heavy atom. The highest BCUT2D eigenvalue weighted by Crippen LogP contribution is 2.15. The first kappa shape index (κ1) is 13.4. The Kier molecular flexibility index (Phi) is 6.90. The fourth-order valence-electron chi connectivity index (χ4n) is 0.826. The molecule has 0 heterocycles. The first-order valence-corrected chi connectivity index (χ1v) is 4.68. The van der Waals surface area contributed by atoms with Gasteiger partial charge in [0.05, 0.1) is 12.5 Å². The summed E-state index contributed by atoms with van der Waals surface area (Å²) in [5.41, 5.74) is 0. The van der Waals surface area contributed by atoms with Crippen molar-refractivity contribution in [3.05, 3.63) is 29.8 Å². The van der Waals surface area contributed by atoms with E-state index < -0.39 is 11.6 Å². The molecule has 0 aromatic heterocycles. The summed E-state index contributed by atoms with van der Waals surface area (Å²) in [6, 6.07) is 4.76. The molecule has 0 amide bonds. The van der Waals surface area contributed by atoms with Crippen LogP contribution in [-0.2, 0) is 0 Å². The molecule has 0 N–H and O–H groups in total. The van der Waals surface area contributed by atoms with Crippen molar-refractivity contribution >= 4 is 0 Å². The van der Waals surface area contributed by atoms with E-state index in [1.165, 1.54) is 0 Å². The molecule has 0 bridgehead atoms. The monoisotopic (exact) mass is 213 g/mol. The van der Waals surface area contributed by atoms with Gasteiger partial charge in [0.15, 0.2) is 0 Å². The Morgan fingerprint density at radius 3 is 2.20 bits per heavy atom. The highest BCUT2D eigenvalue weighted by Gasteiger charge is 2.00. The SMILES string of the molecule is CC.N#CCCOc1cc(F)cc(F)c1. The van der Waals surface area contributed by atoms with Gasteiger partial charge < -0.3 is 4.74 Å². The fraction of sp³-hybridized carbons (Fsp3) is 0.364. The molecule has 4 heteroatoms. The van der Waals surface area contributed by atoms with Crippen LogP contribution in [0.15, 0.2) is 18.2 Å². The average molecular weight is 213 g/mol. The summed E-state index contributed by atoms with van der Waals surface area (Å²) in [5.74, 6) is -1.27. The van der Waals surface area contributed by atoms with E-state index in [-0.39, 0.29) is 18.8 Å². The number of hydrogen-bond acceptors (Lipinski definition) is 2. The molecule has 0 fully saturated rings. The Morgan fingerprint density at radius 2 is 1.73 bits per heavy atom. The van der Waals surface area contributed by atoms with Crippen LogP contribution in [0.4, 0.5) is 8.78 Å². The maximum atomic E-state index is 12.6. The topological polar surface area (TPSA) is 33.0 Å². The number of rotatable bonds is 3. The molecule has 0 saturated carbocycles. The molecule has 0 aliphatic rings. The predicted molar refractivity (Wildman–Crippen MR) is 53.4 cm³/mol. The Bertz CT molecular complexity index is 314. The first-order chi connectivity index (χ1) is 7.22. The quantitative estimate of drug-likeness (QED) is 0.722. The van der Waals surface area contributed by atoms with E-state index in [0.29, 0.717) is 0 Å². The van der Waals surface area contributed by atoms with Crippen molar-refractivity contribution in [3.8, 4) is 11.8 Å². The molecule has 0 spiro atoms. The van der Waals surface area contributed by atoms with Crippen molar-refractivity contribution in [2.45, 2.75) is 20.3 Å². The summed E-state index contributed by atoms with van der Waals surface area (Å²) in [6.45, 7) is 4.14. The van der Waals surface area contributed by atoms with Crippen LogP contribution >= 0.6 is 0 Å². The average Bonchev–Trinajstić information content (AvgIpc) is 2.20. The lowest BCUT2D eigenvalue weighted by Gasteiger charge is -2.03. The number of hydrogen-bond donors (Lipinski definition) is 0. The number of nitrogens with zero attached hydrogens (tertiary/aromatic N) is 1. The molecule has 1 rings (SSSR count). The summed E-state index contributed by atoms with van der Waals surface area (Å²) >= 11 is 0. The summed E-state index contributed by atoms with van der Waals surface area (Å²) in [6.07, 6.45) is 0.193. The van der Waals surface area contributed by atoms with E-state index in [1.807, 2.05) is 19.9 Å². The zero-order chi connectivity index (χ0) is 11.7. The van der Waals surface area contributed by atoms with Crippen molar-refractivity contribution in [2.75, 3.05) is 6.61 Å². The van der Waals surface area contributed by atoms with Crippen LogP contribution < -0.4 is 4.74 Å². The maximum absolute atomic E-state index is 12.6. The standard InChI is InChI=1S/C9H7F2NO.C2H6/c10-7-4-8(11)6-9(5-7)13-3-1-2-12;1-2/h4-6H,1,3H2;1-2H3. The Labute approximate surface area is 88.1 Å². The van der Waals surface area contributed by atoms with E-state index in [0.717, 1.165) is 18.2 Å². The molecule has 1 aromatic rings. The fourth-order valence-corrected chi connectivity index (χ4v) is 0.826. The normalized spacial score (nSPS) is 8.47. The van der Waals surface area contributed by atoms with E-state index >= 15 is 0 Å². The first-order valence-electron chi connectivity index (χ1n) is 4.68. The van der Waals surface area contributed by atoms with E-state index in [4.69, 9.17) is 10.00 Å². The van der Waals surface area contributed by atoms with Crippen molar-refractivity contribution in [1.29, 1.82) is 5.26 Å². The summed E-state index contributed by atoms with van der Waals surface area (Å²) < 4.78 is 30.0. The van der Waals surface area contributed by atoms with Gasteiger partial charge in [0.1, 0.15) is 24.0 Å². The molecular weight excluding hydrogens is 200 g/mol. The van der Waals surface area contributed by atoms with E-state index in [2.05, 4.69) is 0 Å². The van der Waals surface area contributed by atoms with Crippen molar-refractivity contribution in [2.24, 2.45) is 0 Å². The smallest absolute Gasteiger partial charge is 0.129 e. The second kappa shape index (κ2) is 7.74. The Hall–Kier alpha value is -1.63. The summed E-state index contributed by atoms with van der Waals surface area (Å²) in [5, 5.41) is 8.18. The molecule has 15 heavy (non-hydrogen) atoms. The highest BCUT2D eigenvalue weighted by atomic mass is 19.1. The lowest BCUT2D eigenvalue weighted by Crippen LogP contribution is -1.96. The van der Waals surface area contributed by atoms with Crippen LogP contribution in [0.1, 0.15) is 20.3 Å². The predicted octanol–water partition coefficient (Wildman–Crippen LogP) is 3.28. The van der Waals surface area contributed by atoms with Gasteiger partial charge in [-0.3, -0.25) is 0 Å². The van der Waals surface area contributed by atoms with Gasteiger partial charge in [-0.1, -0.05) is 13.8 Å². The summed E-state index contributed by atoms with van der Waals surface area (Å²) in [4.78, 5) is 0. The van der Waals surface area contributed by atoms with Gasteiger partial charge in [-0.05, 0) is 0 Å². The maximum Gasteiger partial charge on any atom is 0.129 e. The van der Waals surface area contributed by atoms with Gasteiger partial charge in [-0.15, -0.1) is 0 Å². The van der Waals surface area contributed by atoms with Crippen LogP contribution in [0, 0.1) is 23.0 Å². The Balaban J connectivity index is 0.000000921. The van der Waals surface area contributed by atoms with Crippen molar-refractivity contribution < 1.29 is 13.5 Å². The van der Waals surface area contributed by atoms with Crippen LogP contribution in [0.3, 0.4) is 0 Å². The number of benzene rings is 1. The van der Waals surface area contributed by atoms with Gasteiger partial charge in [-0.2, -0.15) is 5.26 Å². The third-order valence-corrected chi connectivity index (χ3v) is 1.32. The van der Waals surface area contributed by atoms with E-state index in [9.17, 15) is 8.78 Å². The van der Waals surface area contributed by atoms with E-state index in [1.54, 1.807) is 0 Å².